The number of anilines is 2. The molecule has 2 saturated heterocycles. The summed E-state index contributed by atoms with van der Waals surface area (Å²) in [6.07, 6.45) is 3.00. The second-order valence-electron chi connectivity index (χ2n) is 9.01. The van der Waals surface area contributed by atoms with Crippen LogP contribution >= 0.6 is 11.6 Å². The molecule has 2 fully saturated rings. The maximum atomic E-state index is 13.1. The van der Waals surface area contributed by atoms with Crippen molar-refractivity contribution in [2.75, 3.05) is 36.5 Å². The highest BCUT2D eigenvalue weighted by Crippen LogP contribution is 2.29. The molecule has 182 valence electrons. The Morgan fingerprint density at radius 3 is 2.65 bits per heavy atom. The highest BCUT2D eigenvalue weighted by molar-refractivity contribution is 6.29. The average Bonchev–Trinajstić information content (AvgIpc) is 2.81. The molecule has 0 radical (unpaired) electrons. The maximum Gasteiger partial charge on any atom is 0.335 e. The number of carbonyl (C=O) groups excluding carboxylic acids is 1. The van der Waals surface area contributed by atoms with E-state index in [-0.39, 0.29) is 29.4 Å². The van der Waals surface area contributed by atoms with E-state index >= 15 is 0 Å². The first-order valence-corrected chi connectivity index (χ1v) is 12.2. The van der Waals surface area contributed by atoms with Crippen molar-refractivity contribution in [3.05, 3.63) is 52.7 Å². The zero-order chi connectivity index (χ0) is 24.1. The van der Waals surface area contributed by atoms with Gasteiger partial charge in [-0.25, -0.2) is 9.78 Å². The van der Waals surface area contributed by atoms with Gasteiger partial charge in [-0.15, -0.1) is 0 Å². The predicted molar refractivity (Wildman–Crippen MR) is 131 cm³/mol. The first-order chi connectivity index (χ1) is 16.4. The highest BCUT2D eigenvalue weighted by Gasteiger charge is 2.29. The normalized spacial score (nSPS) is 19.4. The number of hydrogen-bond acceptors (Lipinski definition) is 6. The number of aromatic carboxylic acids is 1. The average molecular weight is 487 g/mol. The minimum absolute atomic E-state index is 0.0500. The molecular formula is C25H31ClN4O4. The largest absolute Gasteiger partial charge is 0.478 e. The van der Waals surface area contributed by atoms with Crippen LogP contribution in [-0.4, -0.2) is 54.3 Å². The summed E-state index contributed by atoms with van der Waals surface area (Å²) in [5, 5.41) is 16.2. The van der Waals surface area contributed by atoms with Gasteiger partial charge in [-0.1, -0.05) is 24.6 Å². The SMILES string of the molecule is CC(C(=O)Nc1ccc(C(=O)O)cc1CNC[C@@H]1CCO1)C1CCN(c2cccc(Cl)n2)CC1. The van der Waals surface area contributed by atoms with Crippen LogP contribution < -0.4 is 15.5 Å². The molecule has 1 unspecified atom stereocenters. The maximum absolute atomic E-state index is 13.1. The summed E-state index contributed by atoms with van der Waals surface area (Å²) in [5.74, 6) is -0.0864. The van der Waals surface area contributed by atoms with E-state index in [0.717, 1.165) is 50.3 Å². The van der Waals surface area contributed by atoms with Crippen molar-refractivity contribution in [3.8, 4) is 0 Å². The third-order valence-electron chi connectivity index (χ3n) is 6.78. The van der Waals surface area contributed by atoms with E-state index in [2.05, 4.69) is 20.5 Å². The number of hydrogen-bond donors (Lipinski definition) is 3. The fourth-order valence-corrected chi connectivity index (χ4v) is 4.63. The second-order valence-corrected chi connectivity index (χ2v) is 9.40. The Morgan fingerprint density at radius 1 is 1.24 bits per heavy atom. The van der Waals surface area contributed by atoms with Crippen molar-refractivity contribution in [1.82, 2.24) is 10.3 Å². The first kappa shape index (κ1) is 24.4. The Hall–Kier alpha value is -2.68. The summed E-state index contributed by atoms with van der Waals surface area (Å²) in [6, 6.07) is 10.4. The van der Waals surface area contributed by atoms with Crippen LogP contribution in [-0.2, 0) is 16.1 Å². The summed E-state index contributed by atoms with van der Waals surface area (Å²) >= 11 is 6.03. The molecule has 2 aliphatic rings. The molecule has 34 heavy (non-hydrogen) atoms. The smallest absolute Gasteiger partial charge is 0.335 e. The van der Waals surface area contributed by atoms with Gasteiger partial charge in [0, 0.05) is 44.4 Å². The van der Waals surface area contributed by atoms with E-state index in [9.17, 15) is 14.7 Å². The van der Waals surface area contributed by atoms with E-state index in [0.29, 0.717) is 23.9 Å². The molecule has 0 spiro atoms. The summed E-state index contributed by atoms with van der Waals surface area (Å²) in [4.78, 5) is 31.1. The number of amides is 1. The molecule has 3 heterocycles. The zero-order valence-corrected chi connectivity index (χ0v) is 20.1. The number of benzene rings is 1. The lowest BCUT2D eigenvalue weighted by molar-refractivity contribution is -0.121. The van der Waals surface area contributed by atoms with E-state index in [1.54, 1.807) is 18.2 Å². The van der Waals surface area contributed by atoms with E-state index in [1.165, 1.54) is 6.07 Å². The number of piperidine rings is 1. The van der Waals surface area contributed by atoms with Gasteiger partial charge in [0.05, 0.1) is 11.7 Å². The van der Waals surface area contributed by atoms with Gasteiger partial charge < -0.3 is 25.4 Å². The molecule has 0 saturated carbocycles. The van der Waals surface area contributed by atoms with E-state index in [1.807, 2.05) is 19.1 Å². The number of nitrogens with one attached hydrogen (secondary N) is 2. The van der Waals surface area contributed by atoms with Gasteiger partial charge in [-0.3, -0.25) is 4.79 Å². The van der Waals surface area contributed by atoms with Crippen molar-refractivity contribution in [1.29, 1.82) is 0 Å². The fourth-order valence-electron chi connectivity index (χ4n) is 4.47. The number of ether oxygens (including phenoxy) is 1. The van der Waals surface area contributed by atoms with Crippen molar-refractivity contribution >= 4 is 35.0 Å². The summed E-state index contributed by atoms with van der Waals surface area (Å²) in [6.45, 7) is 5.54. The molecule has 1 amide bonds. The topological polar surface area (TPSA) is 104 Å². The number of pyridine rings is 1. The number of nitrogens with zero attached hydrogens (tertiary/aromatic N) is 2. The molecule has 1 aromatic carbocycles. The van der Waals surface area contributed by atoms with Gasteiger partial charge >= 0.3 is 5.97 Å². The van der Waals surface area contributed by atoms with Crippen molar-refractivity contribution in [3.63, 3.8) is 0 Å². The Bertz CT molecular complexity index is 1020. The number of aromatic nitrogens is 1. The van der Waals surface area contributed by atoms with Gasteiger partial charge in [0.1, 0.15) is 11.0 Å². The van der Waals surface area contributed by atoms with Crippen molar-refractivity contribution in [2.24, 2.45) is 11.8 Å². The lowest BCUT2D eigenvalue weighted by Gasteiger charge is -2.35. The molecule has 0 bridgehead atoms. The molecule has 2 atom stereocenters. The van der Waals surface area contributed by atoms with Crippen LogP contribution in [0.25, 0.3) is 0 Å². The third kappa shape index (κ3) is 6.05. The molecule has 4 rings (SSSR count). The predicted octanol–water partition coefficient (Wildman–Crippen LogP) is 3.80. The monoisotopic (exact) mass is 486 g/mol. The van der Waals surface area contributed by atoms with Crippen LogP contribution in [0.2, 0.25) is 5.15 Å². The number of carboxylic acid groups (broad SMARTS) is 1. The lowest BCUT2D eigenvalue weighted by atomic mass is 9.84. The van der Waals surface area contributed by atoms with Crippen molar-refractivity contribution < 1.29 is 19.4 Å². The van der Waals surface area contributed by atoms with Crippen LogP contribution in [0.1, 0.15) is 42.1 Å². The summed E-state index contributed by atoms with van der Waals surface area (Å²) in [5.41, 5.74) is 1.59. The van der Waals surface area contributed by atoms with Gasteiger partial charge in [-0.2, -0.15) is 0 Å². The zero-order valence-electron chi connectivity index (χ0n) is 19.3. The van der Waals surface area contributed by atoms with Gasteiger partial charge in [0.15, 0.2) is 0 Å². The number of halogens is 1. The Balaban J connectivity index is 1.35. The fraction of sp³-hybridized carbons (Fsp3) is 0.480. The molecule has 9 heteroatoms. The van der Waals surface area contributed by atoms with Crippen LogP contribution in [0.3, 0.4) is 0 Å². The van der Waals surface area contributed by atoms with Crippen molar-refractivity contribution in [2.45, 2.75) is 38.8 Å². The third-order valence-corrected chi connectivity index (χ3v) is 6.99. The highest BCUT2D eigenvalue weighted by atomic mass is 35.5. The molecular weight excluding hydrogens is 456 g/mol. The molecule has 2 aromatic rings. The molecule has 2 aliphatic heterocycles. The number of rotatable bonds is 9. The molecule has 3 N–H and O–H groups in total. The summed E-state index contributed by atoms with van der Waals surface area (Å²) < 4.78 is 5.43. The second kappa shape index (κ2) is 11.2. The minimum Gasteiger partial charge on any atom is -0.478 e. The molecule has 8 nitrogen and oxygen atoms in total. The van der Waals surface area contributed by atoms with Gasteiger partial charge in [0.2, 0.25) is 5.91 Å². The Morgan fingerprint density at radius 2 is 2.00 bits per heavy atom. The first-order valence-electron chi connectivity index (χ1n) is 11.8. The summed E-state index contributed by atoms with van der Waals surface area (Å²) in [7, 11) is 0. The van der Waals surface area contributed by atoms with Crippen LogP contribution in [0.4, 0.5) is 11.5 Å². The number of carbonyl (C=O) groups is 2. The number of carboxylic acids is 1. The van der Waals surface area contributed by atoms with E-state index in [4.69, 9.17) is 16.3 Å². The standard InChI is InChI=1S/C25H31ClN4O4/c1-16(17-7-10-30(11-8-17)23-4-2-3-22(26)29-23)24(31)28-21-6-5-18(25(32)33)13-19(21)14-27-15-20-9-12-34-20/h2-6,13,16-17,20,27H,7-12,14-15H2,1H3,(H,28,31)(H,32,33)/t16?,20-/m0/s1. The van der Waals surface area contributed by atoms with Gasteiger partial charge in [0.25, 0.3) is 0 Å². The Kier molecular flexibility index (Phi) is 8.03. The molecule has 1 aromatic heterocycles. The molecule has 0 aliphatic carbocycles. The quantitative estimate of drug-likeness (QED) is 0.463. The lowest BCUT2D eigenvalue weighted by Crippen LogP contribution is -2.39. The minimum atomic E-state index is -0.990. The van der Waals surface area contributed by atoms with E-state index < -0.39 is 5.97 Å². The van der Waals surface area contributed by atoms with Crippen LogP contribution in [0, 0.1) is 11.8 Å². The van der Waals surface area contributed by atoms with Crippen LogP contribution in [0.15, 0.2) is 36.4 Å². The Labute approximate surface area is 204 Å². The van der Waals surface area contributed by atoms with Gasteiger partial charge in [-0.05, 0) is 61.1 Å². The van der Waals surface area contributed by atoms with Crippen LogP contribution in [0.5, 0.6) is 0 Å².